The number of allylic oxidation sites excluding steroid dienone is 1. The van der Waals surface area contributed by atoms with Crippen molar-refractivity contribution in [1.82, 2.24) is 9.80 Å². The third-order valence-electron chi connectivity index (χ3n) is 9.21. The van der Waals surface area contributed by atoms with E-state index in [2.05, 4.69) is 0 Å². The van der Waals surface area contributed by atoms with Gasteiger partial charge in [-0.3, -0.25) is 9.69 Å². The predicted octanol–water partition coefficient (Wildman–Crippen LogP) is 7.35. The second-order valence-corrected chi connectivity index (χ2v) is 12.9. The fourth-order valence-electron chi connectivity index (χ4n) is 7.01. The number of benzene rings is 4. The second kappa shape index (κ2) is 13.2. The highest BCUT2D eigenvalue weighted by molar-refractivity contribution is 6.01. The Morgan fingerprint density at radius 2 is 1.61 bits per heavy atom. The van der Waals surface area contributed by atoms with Crippen LogP contribution in [-0.4, -0.2) is 47.8 Å². The van der Waals surface area contributed by atoms with Gasteiger partial charge < -0.3 is 28.6 Å². The summed E-state index contributed by atoms with van der Waals surface area (Å²) < 4.78 is 30.2. The third-order valence-corrected chi connectivity index (χ3v) is 9.21. The van der Waals surface area contributed by atoms with E-state index in [1.807, 2.05) is 97.6 Å². The van der Waals surface area contributed by atoms with Crippen LogP contribution in [0.4, 0.5) is 4.79 Å². The van der Waals surface area contributed by atoms with Crippen LogP contribution in [-0.2, 0) is 35.5 Å². The highest BCUT2D eigenvalue weighted by Crippen LogP contribution is 2.56. The van der Waals surface area contributed by atoms with Crippen molar-refractivity contribution in [2.75, 3.05) is 13.9 Å². The van der Waals surface area contributed by atoms with Crippen molar-refractivity contribution in [3.8, 4) is 23.0 Å². The molecular formula is C40H40N2O7. The number of hydrogen-bond donors (Lipinski definition) is 0. The first-order chi connectivity index (χ1) is 23.7. The Hall–Kier alpha value is -5.44. The molecule has 0 radical (unpaired) electrons. The van der Waals surface area contributed by atoms with E-state index in [-0.39, 0.29) is 19.1 Å². The van der Waals surface area contributed by atoms with Crippen LogP contribution in [0.5, 0.6) is 23.0 Å². The lowest BCUT2D eigenvalue weighted by atomic mass is 9.96. The van der Waals surface area contributed by atoms with Gasteiger partial charge >= 0.3 is 6.09 Å². The Bertz CT molecular complexity index is 1940. The average molecular weight is 661 g/mol. The van der Waals surface area contributed by atoms with Crippen LogP contribution in [0, 0.1) is 13.8 Å². The van der Waals surface area contributed by atoms with E-state index in [1.165, 1.54) is 0 Å². The van der Waals surface area contributed by atoms with E-state index in [0.29, 0.717) is 53.8 Å². The molecule has 0 fully saturated rings. The number of carbonyl (C=O) groups is 2. The van der Waals surface area contributed by atoms with Crippen LogP contribution >= 0.6 is 0 Å². The molecule has 0 aromatic heterocycles. The molecule has 7 rings (SSSR count). The Kier molecular flexibility index (Phi) is 8.67. The maximum atomic E-state index is 14.9. The fraction of sp³-hybridized carbons (Fsp3) is 0.300. The molecule has 0 N–H and O–H groups in total. The van der Waals surface area contributed by atoms with Gasteiger partial charge in [-0.15, -0.1) is 0 Å². The lowest BCUT2D eigenvalue weighted by Crippen LogP contribution is -2.55. The van der Waals surface area contributed by atoms with Crippen LogP contribution in [0.2, 0.25) is 0 Å². The molecule has 1 aliphatic carbocycles. The summed E-state index contributed by atoms with van der Waals surface area (Å²) in [4.78, 5) is 32.5. The molecule has 49 heavy (non-hydrogen) atoms. The average Bonchev–Trinajstić information content (AvgIpc) is 3.73. The van der Waals surface area contributed by atoms with Gasteiger partial charge in [-0.05, 0) is 56.0 Å². The molecule has 252 valence electrons. The van der Waals surface area contributed by atoms with Gasteiger partial charge in [0, 0.05) is 24.0 Å². The minimum Gasteiger partial charge on any atom is -0.496 e. The zero-order chi connectivity index (χ0) is 34.2. The summed E-state index contributed by atoms with van der Waals surface area (Å²) in [6.45, 7) is 8.23. The van der Waals surface area contributed by atoms with Crippen molar-refractivity contribution in [2.24, 2.45) is 0 Å². The van der Waals surface area contributed by atoms with Crippen molar-refractivity contribution < 1.29 is 33.3 Å². The molecule has 0 spiro atoms. The van der Waals surface area contributed by atoms with E-state index >= 15 is 0 Å². The van der Waals surface area contributed by atoms with E-state index in [1.54, 1.807) is 25.9 Å². The SMILES string of the molecule is COc1ccc(CC2C(=O)N(Cc3ccccc3)C3=C(c4c(c(OCc5ccccc5)c(C)c5c4OCO5)C3)N2C(=O)OC(C)C)cc1C. The number of fused-ring (bicyclic) bond motifs is 4. The quantitative estimate of drug-likeness (QED) is 0.186. The zero-order valence-corrected chi connectivity index (χ0v) is 28.4. The number of hydrogen-bond acceptors (Lipinski definition) is 7. The van der Waals surface area contributed by atoms with Crippen LogP contribution in [0.15, 0.2) is 84.6 Å². The van der Waals surface area contributed by atoms with Crippen molar-refractivity contribution in [3.05, 3.63) is 124 Å². The molecule has 1 unspecified atom stereocenters. The molecule has 0 saturated heterocycles. The molecule has 0 saturated carbocycles. The minimum absolute atomic E-state index is 0.0328. The fourth-order valence-corrected chi connectivity index (χ4v) is 7.01. The van der Waals surface area contributed by atoms with Crippen molar-refractivity contribution in [1.29, 1.82) is 0 Å². The number of rotatable bonds is 9. The molecule has 9 heteroatoms. The monoisotopic (exact) mass is 660 g/mol. The molecule has 2 amide bonds. The van der Waals surface area contributed by atoms with Gasteiger partial charge in [0.2, 0.25) is 6.79 Å². The first-order valence-electron chi connectivity index (χ1n) is 16.6. The summed E-state index contributed by atoms with van der Waals surface area (Å²) in [5, 5.41) is 0. The molecule has 2 heterocycles. The zero-order valence-electron chi connectivity index (χ0n) is 28.4. The second-order valence-electron chi connectivity index (χ2n) is 12.9. The van der Waals surface area contributed by atoms with Gasteiger partial charge in [0.25, 0.3) is 5.91 Å². The number of ether oxygens (including phenoxy) is 5. The number of nitrogens with zero attached hydrogens (tertiary/aromatic N) is 2. The minimum atomic E-state index is -0.902. The Morgan fingerprint density at radius 1 is 0.918 bits per heavy atom. The molecule has 9 nitrogen and oxygen atoms in total. The van der Waals surface area contributed by atoms with Crippen molar-refractivity contribution in [3.63, 3.8) is 0 Å². The van der Waals surface area contributed by atoms with Crippen LogP contribution < -0.4 is 18.9 Å². The van der Waals surface area contributed by atoms with Crippen LogP contribution in [0.25, 0.3) is 5.70 Å². The first kappa shape index (κ1) is 32.1. The number of methoxy groups -OCH3 is 1. The normalized spacial score (nSPS) is 16.2. The van der Waals surface area contributed by atoms with E-state index in [4.69, 9.17) is 23.7 Å². The van der Waals surface area contributed by atoms with Crippen molar-refractivity contribution in [2.45, 2.75) is 65.8 Å². The standard InChI is InChI=1S/C40H40N2O7/c1-24(2)49-40(44)42-32(19-29-16-17-33(45-5)25(3)18-29)39(43)41(21-27-12-8-6-9-13-27)31-20-30-34(35(31)42)38-37(47-23-48-38)26(4)36(30)46-22-28-14-10-7-11-15-28/h6-18,24,32H,19-23H2,1-5H3. The van der Waals surface area contributed by atoms with Gasteiger partial charge in [-0.2, -0.15) is 0 Å². The van der Waals surface area contributed by atoms with E-state index < -0.39 is 18.2 Å². The number of carbonyl (C=O) groups excluding carboxylic acids is 2. The van der Waals surface area contributed by atoms with Gasteiger partial charge in [0.1, 0.15) is 24.1 Å². The van der Waals surface area contributed by atoms with Crippen LogP contribution in [0.3, 0.4) is 0 Å². The van der Waals surface area contributed by atoms with Crippen molar-refractivity contribution >= 4 is 17.7 Å². The molecule has 2 aliphatic heterocycles. The van der Waals surface area contributed by atoms with Crippen LogP contribution in [0.1, 0.15) is 52.8 Å². The predicted molar refractivity (Wildman–Crippen MR) is 184 cm³/mol. The molecule has 3 aliphatic rings. The topological polar surface area (TPSA) is 86.8 Å². The summed E-state index contributed by atoms with van der Waals surface area (Å²) in [5.74, 6) is 2.33. The molecule has 1 atom stereocenters. The van der Waals surface area contributed by atoms with Gasteiger partial charge in [0.15, 0.2) is 11.5 Å². The van der Waals surface area contributed by atoms with Gasteiger partial charge in [-0.1, -0.05) is 72.8 Å². The van der Waals surface area contributed by atoms with Gasteiger partial charge in [0.05, 0.1) is 36.7 Å². The highest BCUT2D eigenvalue weighted by atomic mass is 16.7. The summed E-state index contributed by atoms with van der Waals surface area (Å²) in [7, 11) is 1.63. The maximum absolute atomic E-state index is 14.9. The lowest BCUT2D eigenvalue weighted by Gasteiger charge is -2.41. The Morgan fingerprint density at radius 3 is 2.29 bits per heavy atom. The summed E-state index contributed by atoms with van der Waals surface area (Å²) >= 11 is 0. The van der Waals surface area contributed by atoms with E-state index in [9.17, 15) is 9.59 Å². The smallest absolute Gasteiger partial charge is 0.415 e. The molecule has 4 aromatic rings. The summed E-state index contributed by atoms with van der Waals surface area (Å²) in [5.41, 5.74) is 7.43. The first-order valence-corrected chi connectivity index (χ1v) is 16.6. The summed E-state index contributed by atoms with van der Waals surface area (Å²) in [6, 6.07) is 24.8. The molecule has 4 aromatic carbocycles. The third kappa shape index (κ3) is 5.94. The largest absolute Gasteiger partial charge is 0.496 e. The van der Waals surface area contributed by atoms with E-state index in [0.717, 1.165) is 39.1 Å². The Balaban J connectivity index is 1.41. The number of aryl methyl sites for hydroxylation is 1. The van der Waals surface area contributed by atoms with Gasteiger partial charge in [-0.25, -0.2) is 4.79 Å². The maximum Gasteiger partial charge on any atom is 0.415 e. The molecular weight excluding hydrogens is 620 g/mol. The molecule has 0 bridgehead atoms. The highest BCUT2D eigenvalue weighted by Gasteiger charge is 2.50. The number of amides is 2. The summed E-state index contributed by atoms with van der Waals surface area (Å²) in [6.07, 6.45) is -0.396. The lowest BCUT2D eigenvalue weighted by molar-refractivity contribution is -0.135. The Labute approximate surface area is 286 Å².